The van der Waals surface area contributed by atoms with Crippen molar-refractivity contribution in [1.29, 1.82) is 0 Å². The lowest BCUT2D eigenvalue weighted by Crippen LogP contribution is -2.48. The second kappa shape index (κ2) is 12.8. The van der Waals surface area contributed by atoms with Gasteiger partial charge in [-0.2, -0.15) is 0 Å². The van der Waals surface area contributed by atoms with Crippen LogP contribution in [0.25, 0.3) is 0 Å². The van der Waals surface area contributed by atoms with Crippen LogP contribution in [0.15, 0.2) is 35.3 Å². The molecule has 0 amide bonds. The Labute approximate surface area is 197 Å². The molecule has 0 aromatic heterocycles. The van der Waals surface area contributed by atoms with Gasteiger partial charge in [-0.3, -0.25) is 9.89 Å². The lowest BCUT2D eigenvalue weighted by Gasteiger charge is -2.33. The predicted molar refractivity (Wildman–Crippen MR) is 131 cm³/mol. The molecule has 7 nitrogen and oxygen atoms in total. The first-order valence-corrected chi connectivity index (χ1v) is 10.8. The summed E-state index contributed by atoms with van der Waals surface area (Å²) in [5.41, 5.74) is 0.357. The zero-order valence-corrected chi connectivity index (χ0v) is 20.5. The number of guanidine groups is 1. The van der Waals surface area contributed by atoms with Crippen molar-refractivity contribution in [3.63, 3.8) is 0 Å². The van der Waals surface area contributed by atoms with Crippen LogP contribution in [0, 0.1) is 5.92 Å². The van der Waals surface area contributed by atoms with Gasteiger partial charge in [-0.05, 0) is 25.8 Å². The first-order valence-electron chi connectivity index (χ1n) is 10.8. The number of β-amino-alcohol motifs (C(OH)–C–C–N with tert-alkyl or cyclic N) is 1. The second-order valence-corrected chi connectivity index (χ2v) is 8.21. The van der Waals surface area contributed by atoms with Crippen molar-refractivity contribution in [1.82, 2.24) is 15.5 Å². The Hall–Kier alpha value is -0.940. The maximum absolute atomic E-state index is 10.8. The zero-order chi connectivity index (χ0) is 20.5. The summed E-state index contributed by atoms with van der Waals surface area (Å²) in [6.07, 6.45) is 1.15. The van der Waals surface area contributed by atoms with Crippen LogP contribution in [0.3, 0.4) is 0 Å². The van der Waals surface area contributed by atoms with E-state index in [1.807, 2.05) is 13.0 Å². The first-order chi connectivity index (χ1) is 14.1. The molecule has 2 aliphatic rings. The van der Waals surface area contributed by atoms with E-state index in [0.29, 0.717) is 19.0 Å². The lowest BCUT2D eigenvalue weighted by molar-refractivity contribution is -0.0180. The van der Waals surface area contributed by atoms with Gasteiger partial charge in [-0.1, -0.05) is 30.3 Å². The van der Waals surface area contributed by atoms with E-state index in [0.717, 1.165) is 58.4 Å². The monoisotopic (exact) mass is 532 g/mol. The number of hydrogen-bond acceptors (Lipinski definition) is 5. The van der Waals surface area contributed by atoms with Gasteiger partial charge in [0.2, 0.25) is 0 Å². The van der Waals surface area contributed by atoms with Gasteiger partial charge in [-0.15, -0.1) is 24.0 Å². The van der Waals surface area contributed by atoms with E-state index >= 15 is 0 Å². The fraction of sp³-hybridized carbons (Fsp3) is 0.682. The van der Waals surface area contributed by atoms with Crippen LogP contribution in [0.1, 0.15) is 31.9 Å². The van der Waals surface area contributed by atoms with Gasteiger partial charge in [0.15, 0.2) is 5.96 Å². The standard InChI is InChI=1S/C22H36N4O3.HI/c1-3-23-21(25-16-22(2,27)17-26-10-13-28-14-11-26)24-15-19-9-12-29-20(19)18-7-5-4-6-8-18;/h4-8,19-20,27H,3,9-17H2,1-2H3,(H2,23,24,25);1H. The van der Waals surface area contributed by atoms with E-state index < -0.39 is 5.60 Å². The summed E-state index contributed by atoms with van der Waals surface area (Å²) in [5.74, 6) is 1.14. The highest BCUT2D eigenvalue weighted by atomic mass is 127. The van der Waals surface area contributed by atoms with Crippen LogP contribution in [0.4, 0.5) is 0 Å². The second-order valence-electron chi connectivity index (χ2n) is 8.21. The highest BCUT2D eigenvalue weighted by molar-refractivity contribution is 14.0. The first kappa shape index (κ1) is 25.3. The Bertz CT molecular complexity index is 639. The van der Waals surface area contributed by atoms with Gasteiger partial charge in [-0.25, -0.2) is 0 Å². The molecule has 2 saturated heterocycles. The molecule has 8 heteroatoms. The lowest BCUT2D eigenvalue weighted by atomic mass is 9.95. The van der Waals surface area contributed by atoms with Gasteiger partial charge in [0.1, 0.15) is 0 Å². The van der Waals surface area contributed by atoms with E-state index in [1.54, 1.807) is 0 Å². The number of hydrogen-bond donors (Lipinski definition) is 3. The molecule has 0 radical (unpaired) electrons. The fourth-order valence-electron chi connectivity index (χ4n) is 3.96. The molecule has 30 heavy (non-hydrogen) atoms. The highest BCUT2D eigenvalue weighted by Crippen LogP contribution is 2.33. The number of halogens is 1. The number of morpholine rings is 1. The van der Waals surface area contributed by atoms with Crippen LogP contribution in [-0.2, 0) is 9.47 Å². The third-order valence-corrected chi connectivity index (χ3v) is 5.46. The molecule has 0 spiro atoms. The van der Waals surface area contributed by atoms with Crippen LogP contribution >= 0.6 is 24.0 Å². The highest BCUT2D eigenvalue weighted by Gasteiger charge is 2.30. The summed E-state index contributed by atoms with van der Waals surface area (Å²) in [6, 6.07) is 10.4. The van der Waals surface area contributed by atoms with Gasteiger partial charge >= 0.3 is 0 Å². The molecule has 2 aliphatic heterocycles. The zero-order valence-electron chi connectivity index (χ0n) is 18.2. The molecule has 2 fully saturated rings. The molecule has 3 rings (SSSR count). The quantitative estimate of drug-likeness (QED) is 0.270. The molecule has 170 valence electrons. The molecule has 3 unspecified atom stereocenters. The van der Waals surface area contributed by atoms with Crippen molar-refractivity contribution >= 4 is 29.9 Å². The normalized spacial score (nSPS) is 24.7. The van der Waals surface area contributed by atoms with Crippen LogP contribution < -0.4 is 10.6 Å². The number of aliphatic hydroxyl groups is 1. The minimum atomic E-state index is -0.872. The molecular weight excluding hydrogens is 495 g/mol. The maximum Gasteiger partial charge on any atom is 0.191 e. The van der Waals surface area contributed by atoms with Gasteiger partial charge in [0, 0.05) is 45.2 Å². The van der Waals surface area contributed by atoms with Crippen LogP contribution in [-0.4, -0.2) is 80.7 Å². The van der Waals surface area contributed by atoms with Crippen molar-refractivity contribution in [3.8, 4) is 0 Å². The van der Waals surface area contributed by atoms with Crippen molar-refractivity contribution in [2.24, 2.45) is 10.9 Å². The van der Waals surface area contributed by atoms with Gasteiger partial charge in [0.25, 0.3) is 0 Å². The van der Waals surface area contributed by atoms with Crippen LogP contribution in [0.5, 0.6) is 0 Å². The molecule has 0 saturated carbocycles. The SMILES string of the molecule is CCNC(=NCC(C)(O)CN1CCOCC1)NCC1CCOC1c1ccccc1.I. The average molecular weight is 532 g/mol. The van der Waals surface area contributed by atoms with E-state index in [1.165, 1.54) is 5.56 Å². The minimum Gasteiger partial charge on any atom is -0.387 e. The van der Waals surface area contributed by atoms with E-state index in [2.05, 4.69) is 51.7 Å². The topological polar surface area (TPSA) is 78.4 Å². The third kappa shape index (κ3) is 7.96. The molecule has 3 atom stereocenters. The van der Waals surface area contributed by atoms with Crippen molar-refractivity contribution in [3.05, 3.63) is 35.9 Å². The Kier molecular flexibility index (Phi) is 10.8. The molecule has 0 aliphatic carbocycles. The molecule has 3 N–H and O–H groups in total. The molecule has 0 bridgehead atoms. The number of nitrogens with zero attached hydrogens (tertiary/aromatic N) is 2. The summed E-state index contributed by atoms with van der Waals surface area (Å²) < 4.78 is 11.4. The van der Waals surface area contributed by atoms with E-state index in [-0.39, 0.29) is 30.1 Å². The molecule has 1 aromatic rings. The fourth-order valence-corrected chi connectivity index (χ4v) is 3.96. The predicted octanol–water partition coefficient (Wildman–Crippen LogP) is 2.02. The summed E-state index contributed by atoms with van der Waals surface area (Å²) in [4.78, 5) is 6.89. The van der Waals surface area contributed by atoms with E-state index in [9.17, 15) is 5.11 Å². The summed E-state index contributed by atoms with van der Waals surface area (Å²) in [6.45, 7) is 10.4. The number of benzene rings is 1. The summed E-state index contributed by atoms with van der Waals surface area (Å²) >= 11 is 0. The van der Waals surface area contributed by atoms with E-state index in [4.69, 9.17) is 9.47 Å². The Morgan fingerprint density at radius 3 is 2.63 bits per heavy atom. The Balaban J connectivity index is 0.00000320. The van der Waals surface area contributed by atoms with Crippen LogP contribution in [0.2, 0.25) is 0 Å². The summed E-state index contributed by atoms with van der Waals surface area (Å²) in [5, 5.41) is 17.5. The smallest absolute Gasteiger partial charge is 0.191 e. The Morgan fingerprint density at radius 2 is 1.93 bits per heavy atom. The minimum absolute atomic E-state index is 0. The van der Waals surface area contributed by atoms with Crippen molar-refractivity contribution in [2.45, 2.75) is 32.0 Å². The average Bonchev–Trinajstić information content (AvgIpc) is 3.20. The number of aliphatic imine (C=N–C) groups is 1. The third-order valence-electron chi connectivity index (χ3n) is 5.46. The number of rotatable bonds is 8. The number of nitrogens with one attached hydrogen (secondary N) is 2. The maximum atomic E-state index is 10.8. The summed E-state index contributed by atoms with van der Waals surface area (Å²) in [7, 11) is 0. The van der Waals surface area contributed by atoms with Gasteiger partial charge in [0.05, 0.1) is 31.5 Å². The number of ether oxygens (including phenoxy) is 2. The molecule has 1 aromatic carbocycles. The molecular formula is C22H37IN4O3. The van der Waals surface area contributed by atoms with Crippen molar-refractivity contribution in [2.75, 3.05) is 59.1 Å². The largest absolute Gasteiger partial charge is 0.387 e. The molecule has 2 heterocycles. The Morgan fingerprint density at radius 1 is 1.20 bits per heavy atom. The van der Waals surface area contributed by atoms with Gasteiger partial charge < -0.3 is 25.2 Å². The van der Waals surface area contributed by atoms with Crippen molar-refractivity contribution < 1.29 is 14.6 Å².